The summed E-state index contributed by atoms with van der Waals surface area (Å²) in [5, 5.41) is 8.11. The molecule has 0 radical (unpaired) electrons. The number of carbonyl (C=O) groups is 2. The molecule has 0 spiro atoms. The van der Waals surface area contributed by atoms with Gasteiger partial charge < -0.3 is 10.6 Å². The van der Waals surface area contributed by atoms with Crippen LogP contribution >= 0.6 is 0 Å². The number of imide groups is 1. The van der Waals surface area contributed by atoms with E-state index in [1.807, 2.05) is 11.8 Å². The van der Waals surface area contributed by atoms with Crippen molar-refractivity contribution in [2.45, 2.75) is 19.9 Å². The SMILES string of the molecule is CCNC(=O)NC(=O)CN1CCN[C@@H](C)C1. The highest BCUT2D eigenvalue weighted by Gasteiger charge is 2.18. The van der Waals surface area contributed by atoms with Gasteiger partial charge in [-0.15, -0.1) is 0 Å². The minimum absolute atomic E-state index is 0.250. The Bertz CT molecular complexity index is 257. The van der Waals surface area contributed by atoms with E-state index in [-0.39, 0.29) is 12.5 Å². The quantitative estimate of drug-likeness (QED) is 0.587. The van der Waals surface area contributed by atoms with Crippen LogP contribution in [-0.4, -0.2) is 55.6 Å². The Morgan fingerprint density at radius 1 is 1.50 bits per heavy atom. The molecule has 3 amide bonds. The summed E-state index contributed by atoms with van der Waals surface area (Å²) in [6.45, 7) is 7.24. The summed E-state index contributed by atoms with van der Waals surface area (Å²) in [6.07, 6.45) is 0. The number of hydrogen-bond donors (Lipinski definition) is 3. The molecule has 92 valence electrons. The Balaban J connectivity index is 2.25. The zero-order chi connectivity index (χ0) is 12.0. The van der Waals surface area contributed by atoms with Gasteiger partial charge in [-0.1, -0.05) is 0 Å². The van der Waals surface area contributed by atoms with Gasteiger partial charge in [-0.2, -0.15) is 0 Å². The van der Waals surface area contributed by atoms with E-state index < -0.39 is 6.03 Å². The molecule has 0 aromatic carbocycles. The minimum Gasteiger partial charge on any atom is -0.338 e. The molecule has 6 nitrogen and oxygen atoms in total. The third-order valence-corrected chi connectivity index (χ3v) is 2.41. The maximum atomic E-state index is 11.5. The van der Waals surface area contributed by atoms with Crippen molar-refractivity contribution in [1.82, 2.24) is 20.9 Å². The number of hydrogen-bond acceptors (Lipinski definition) is 4. The minimum atomic E-state index is -0.421. The first-order valence-electron chi connectivity index (χ1n) is 5.65. The molecule has 0 aromatic rings. The number of rotatable bonds is 3. The fourth-order valence-corrected chi connectivity index (χ4v) is 1.73. The fraction of sp³-hybridized carbons (Fsp3) is 0.800. The molecule has 1 fully saturated rings. The summed E-state index contributed by atoms with van der Waals surface area (Å²) in [5.74, 6) is -0.250. The summed E-state index contributed by atoms with van der Waals surface area (Å²) in [4.78, 5) is 24.6. The molecule has 0 unspecified atom stereocenters. The summed E-state index contributed by atoms with van der Waals surface area (Å²) >= 11 is 0. The van der Waals surface area contributed by atoms with Crippen molar-refractivity contribution in [3.63, 3.8) is 0 Å². The second-order valence-electron chi connectivity index (χ2n) is 4.00. The highest BCUT2D eigenvalue weighted by molar-refractivity contribution is 5.95. The number of urea groups is 1. The maximum absolute atomic E-state index is 11.5. The molecular weight excluding hydrogens is 208 g/mol. The van der Waals surface area contributed by atoms with Crippen molar-refractivity contribution >= 4 is 11.9 Å². The van der Waals surface area contributed by atoms with Gasteiger partial charge in [0.15, 0.2) is 0 Å². The molecule has 0 aliphatic carbocycles. The van der Waals surface area contributed by atoms with Crippen molar-refractivity contribution in [3.05, 3.63) is 0 Å². The zero-order valence-corrected chi connectivity index (χ0v) is 9.88. The monoisotopic (exact) mass is 228 g/mol. The lowest BCUT2D eigenvalue weighted by atomic mass is 10.2. The van der Waals surface area contributed by atoms with E-state index in [1.54, 1.807) is 0 Å². The van der Waals surface area contributed by atoms with Crippen LogP contribution in [0, 0.1) is 0 Å². The average molecular weight is 228 g/mol. The molecule has 6 heteroatoms. The first kappa shape index (κ1) is 12.9. The number of carbonyl (C=O) groups excluding carboxylic acids is 2. The lowest BCUT2D eigenvalue weighted by molar-refractivity contribution is -0.121. The van der Waals surface area contributed by atoms with Crippen LogP contribution < -0.4 is 16.0 Å². The third-order valence-electron chi connectivity index (χ3n) is 2.41. The Hall–Kier alpha value is -1.14. The summed E-state index contributed by atoms with van der Waals surface area (Å²) < 4.78 is 0. The first-order chi connectivity index (χ1) is 7.61. The Kier molecular flexibility index (Phi) is 5.21. The average Bonchev–Trinajstić information content (AvgIpc) is 2.17. The number of nitrogens with one attached hydrogen (secondary N) is 3. The lowest BCUT2D eigenvalue weighted by Crippen LogP contribution is -2.53. The van der Waals surface area contributed by atoms with Gasteiger partial charge in [0.2, 0.25) is 5.91 Å². The van der Waals surface area contributed by atoms with Crippen LogP contribution in [0.5, 0.6) is 0 Å². The van der Waals surface area contributed by atoms with Crippen LogP contribution in [0.1, 0.15) is 13.8 Å². The normalized spacial score (nSPS) is 21.5. The third kappa shape index (κ3) is 4.59. The second-order valence-corrected chi connectivity index (χ2v) is 4.00. The predicted molar refractivity (Wildman–Crippen MR) is 61.1 cm³/mol. The van der Waals surface area contributed by atoms with Crippen LogP contribution in [-0.2, 0) is 4.79 Å². The molecule has 1 aliphatic heterocycles. The first-order valence-corrected chi connectivity index (χ1v) is 5.65. The van der Waals surface area contributed by atoms with Crippen LogP contribution in [0.3, 0.4) is 0 Å². The molecular formula is C10H20N4O2. The van der Waals surface area contributed by atoms with E-state index in [0.717, 1.165) is 19.6 Å². The molecule has 1 atom stereocenters. The van der Waals surface area contributed by atoms with Gasteiger partial charge in [-0.25, -0.2) is 4.79 Å². The second kappa shape index (κ2) is 6.44. The van der Waals surface area contributed by atoms with Crippen LogP contribution in [0.4, 0.5) is 4.79 Å². The molecule has 0 aromatic heterocycles. The van der Waals surface area contributed by atoms with Crippen molar-refractivity contribution in [3.8, 4) is 0 Å². The van der Waals surface area contributed by atoms with Crippen molar-refractivity contribution in [2.24, 2.45) is 0 Å². The number of nitrogens with zero attached hydrogens (tertiary/aromatic N) is 1. The van der Waals surface area contributed by atoms with E-state index in [9.17, 15) is 9.59 Å². The molecule has 1 heterocycles. The van der Waals surface area contributed by atoms with Crippen molar-refractivity contribution < 1.29 is 9.59 Å². The standard InChI is InChI=1S/C10H20N4O2/c1-3-11-10(16)13-9(15)7-14-5-4-12-8(2)6-14/h8,12H,3-7H2,1-2H3,(H2,11,13,15,16)/t8-/m0/s1. The zero-order valence-electron chi connectivity index (χ0n) is 9.88. The molecule has 0 bridgehead atoms. The van der Waals surface area contributed by atoms with E-state index in [1.165, 1.54) is 0 Å². The van der Waals surface area contributed by atoms with Gasteiger partial charge in [0.25, 0.3) is 0 Å². The predicted octanol–water partition coefficient (Wildman–Crippen LogP) is -0.874. The largest absolute Gasteiger partial charge is 0.338 e. The van der Waals surface area contributed by atoms with E-state index >= 15 is 0 Å². The molecule has 1 saturated heterocycles. The van der Waals surface area contributed by atoms with Crippen LogP contribution in [0.15, 0.2) is 0 Å². The fourth-order valence-electron chi connectivity index (χ4n) is 1.73. The molecule has 16 heavy (non-hydrogen) atoms. The summed E-state index contributed by atoms with van der Waals surface area (Å²) in [5.41, 5.74) is 0. The Morgan fingerprint density at radius 2 is 2.25 bits per heavy atom. The molecule has 0 saturated carbocycles. The van der Waals surface area contributed by atoms with Crippen molar-refractivity contribution in [2.75, 3.05) is 32.7 Å². The Morgan fingerprint density at radius 3 is 2.88 bits per heavy atom. The lowest BCUT2D eigenvalue weighted by Gasteiger charge is -2.31. The van der Waals surface area contributed by atoms with Crippen LogP contribution in [0.2, 0.25) is 0 Å². The summed E-state index contributed by atoms with van der Waals surface area (Å²) in [6, 6.07) is -0.0262. The van der Waals surface area contributed by atoms with Crippen LogP contribution in [0.25, 0.3) is 0 Å². The topological polar surface area (TPSA) is 73.5 Å². The van der Waals surface area contributed by atoms with E-state index in [4.69, 9.17) is 0 Å². The summed E-state index contributed by atoms with van der Waals surface area (Å²) in [7, 11) is 0. The highest BCUT2D eigenvalue weighted by Crippen LogP contribution is 1.97. The highest BCUT2D eigenvalue weighted by atomic mass is 16.2. The molecule has 1 aliphatic rings. The van der Waals surface area contributed by atoms with Gasteiger partial charge in [-0.3, -0.25) is 15.0 Å². The number of amides is 3. The van der Waals surface area contributed by atoms with Gasteiger partial charge in [-0.05, 0) is 13.8 Å². The molecule has 1 rings (SSSR count). The van der Waals surface area contributed by atoms with Gasteiger partial charge >= 0.3 is 6.03 Å². The van der Waals surface area contributed by atoms with Gasteiger partial charge in [0, 0.05) is 32.2 Å². The smallest absolute Gasteiger partial charge is 0.321 e. The van der Waals surface area contributed by atoms with Gasteiger partial charge in [0.05, 0.1) is 6.54 Å². The number of piperazine rings is 1. The van der Waals surface area contributed by atoms with Gasteiger partial charge in [0.1, 0.15) is 0 Å². The van der Waals surface area contributed by atoms with Crippen molar-refractivity contribution in [1.29, 1.82) is 0 Å². The van der Waals surface area contributed by atoms with E-state index in [2.05, 4.69) is 22.9 Å². The Labute approximate surface area is 95.8 Å². The molecule has 3 N–H and O–H groups in total. The van der Waals surface area contributed by atoms with E-state index in [0.29, 0.717) is 12.6 Å². The maximum Gasteiger partial charge on any atom is 0.321 e.